The van der Waals surface area contributed by atoms with Crippen molar-refractivity contribution in [2.45, 2.75) is 39.3 Å². The minimum absolute atomic E-state index is 0.143. The molecule has 1 atom stereocenters. The molecule has 2 aromatic carbocycles. The maximum atomic E-state index is 13.1. The molecule has 144 valence electrons. The van der Waals surface area contributed by atoms with E-state index in [0.717, 1.165) is 5.56 Å². The van der Waals surface area contributed by atoms with E-state index in [1.165, 1.54) is 0 Å². The maximum absolute atomic E-state index is 13.1. The van der Waals surface area contributed by atoms with E-state index in [9.17, 15) is 9.59 Å². The highest BCUT2D eigenvalue weighted by Crippen LogP contribution is 2.27. The van der Waals surface area contributed by atoms with Gasteiger partial charge in [-0.1, -0.05) is 66.5 Å². The van der Waals surface area contributed by atoms with Gasteiger partial charge in [-0.3, -0.25) is 9.59 Å². The van der Waals surface area contributed by atoms with E-state index in [2.05, 4.69) is 5.32 Å². The van der Waals surface area contributed by atoms with Gasteiger partial charge < -0.3 is 10.2 Å². The monoisotopic (exact) mass is 406 g/mol. The zero-order valence-corrected chi connectivity index (χ0v) is 17.1. The quantitative estimate of drug-likeness (QED) is 0.702. The molecule has 2 aromatic rings. The van der Waals surface area contributed by atoms with Gasteiger partial charge in [0.05, 0.1) is 6.42 Å². The van der Waals surface area contributed by atoms with Crippen molar-refractivity contribution in [1.82, 2.24) is 10.2 Å². The largest absolute Gasteiger partial charge is 0.355 e. The van der Waals surface area contributed by atoms with Crippen LogP contribution in [0.5, 0.6) is 0 Å². The molecule has 0 fully saturated rings. The molecule has 0 heterocycles. The third kappa shape index (κ3) is 5.72. The topological polar surface area (TPSA) is 49.4 Å². The average Bonchev–Trinajstić information content (AvgIpc) is 2.65. The van der Waals surface area contributed by atoms with Gasteiger partial charge in [-0.2, -0.15) is 0 Å². The summed E-state index contributed by atoms with van der Waals surface area (Å²) in [5, 5.41) is 3.77. The van der Waals surface area contributed by atoms with Crippen molar-refractivity contribution < 1.29 is 9.59 Å². The predicted molar refractivity (Wildman–Crippen MR) is 110 cm³/mol. The Morgan fingerprint density at radius 3 is 2.19 bits per heavy atom. The highest BCUT2D eigenvalue weighted by atomic mass is 35.5. The summed E-state index contributed by atoms with van der Waals surface area (Å²) in [6.07, 6.45) is 0.702. The maximum Gasteiger partial charge on any atom is 0.242 e. The Kier molecular flexibility index (Phi) is 8.14. The lowest BCUT2D eigenvalue weighted by Crippen LogP contribution is -2.49. The Morgan fingerprint density at radius 2 is 1.63 bits per heavy atom. The molecule has 0 radical (unpaired) electrons. The third-order valence-corrected chi connectivity index (χ3v) is 5.03. The van der Waals surface area contributed by atoms with Crippen molar-refractivity contribution in [2.75, 3.05) is 6.54 Å². The standard InChI is InChI=1S/C21H24Cl2N2O2/c1-3-19(21(27)24-4-2)25(14-16-17(22)11-8-12-18(16)23)20(26)13-15-9-6-5-7-10-15/h5-12,19H,3-4,13-14H2,1-2H3,(H,24,27). The molecule has 27 heavy (non-hydrogen) atoms. The van der Waals surface area contributed by atoms with Crippen LogP contribution in [0, 0.1) is 0 Å². The summed E-state index contributed by atoms with van der Waals surface area (Å²) >= 11 is 12.6. The molecule has 0 aliphatic rings. The summed E-state index contributed by atoms with van der Waals surface area (Å²) in [4.78, 5) is 27.2. The first-order chi connectivity index (χ1) is 13.0. The van der Waals surface area contributed by atoms with Crippen molar-refractivity contribution in [2.24, 2.45) is 0 Å². The first kappa shape index (κ1) is 21.3. The van der Waals surface area contributed by atoms with Crippen molar-refractivity contribution in [3.63, 3.8) is 0 Å². The summed E-state index contributed by atoms with van der Waals surface area (Å²) in [6, 6.07) is 14.1. The number of carbonyl (C=O) groups excluding carboxylic acids is 2. The number of hydrogen-bond acceptors (Lipinski definition) is 2. The molecule has 4 nitrogen and oxygen atoms in total. The zero-order valence-electron chi connectivity index (χ0n) is 15.5. The Balaban J connectivity index is 2.34. The number of hydrogen-bond donors (Lipinski definition) is 1. The van der Waals surface area contributed by atoms with Gasteiger partial charge in [0.2, 0.25) is 11.8 Å². The molecule has 0 saturated heterocycles. The van der Waals surface area contributed by atoms with Gasteiger partial charge in [0.25, 0.3) is 0 Å². The lowest BCUT2D eigenvalue weighted by Gasteiger charge is -2.31. The van der Waals surface area contributed by atoms with Gasteiger partial charge in [-0.05, 0) is 31.0 Å². The molecule has 0 spiro atoms. The highest BCUT2D eigenvalue weighted by molar-refractivity contribution is 6.36. The Morgan fingerprint density at radius 1 is 1.00 bits per heavy atom. The second-order valence-corrected chi connectivity index (χ2v) is 7.02. The first-order valence-corrected chi connectivity index (χ1v) is 9.77. The second-order valence-electron chi connectivity index (χ2n) is 6.20. The van der Waals surface area contributed by atoms with Crippen LogP contribution in [-0.2, 0) is 22.6 Å². The number of halogens is 2. The number of nitrogens with zero attached hydrogens (tertiary/aromatic N) is 1. The number of carbonyl (C=O) groups is 2. The SMILES string of the molecule is CCNC(=O)C(CC)N(Cc1c(Cl)cccc1Cl)C(=O)Cc1ccccc1. The van der Waals surface area contributed by atoms with Crippen LogP contribution in [0.1, 0.15) is 31.4 Å². The van der Waals surface area contributed by atoms with Crippen LogP contribution in [-0.4, -0.2) is 29.3 Å². The summed E-state index contributed by atoms with van der Waals surface area (Å²) in [5.74, 6) is -0.320. The van der Waals surface area contributed by atoms with Crippen LogP contribution < -0.4 is 5.32 Å². The minimum atomic E-state index is -0.589. The van der Waals surface area contributed by atoms with E-state index < -0.39 is 6.04 Å². The fourth-order valence-electron chi connectivity index (χ4n) is 2.94. The van der Waals surface area contributed by atoms with Gasteiger partial charge in [-0.25, -0.2) is 0 Å². The van der Waals surface area contributed by atoms with Crippen LogP contribution in [0.2, 0.25) is 10.0 Å². The fourth-order valence-corrected chi connectivity index (χ4v) is 3.45. The lowest BCUT2D eigenvalue weighted by molar-refractivity contribution is -0.140. The summed E-state index contributed by atoms with van der Waals surface area (Å²) in [7, 11) is 0. The van der Waals surface area contributed by atoms with Crippen LogP contribution in [0.25, 0.3) is 0 Å². The average molecular weight is 407 g/mol. The Bertz CT molecular complexity index is 761. The molecular weight excluding hydrogens is 383 g/mol. The molecule has 0 aromatic heterocycles. The second kappa shape index (κ2) is 10.3. The molecule has 2 amide bonds. The molecular formula is C21H24Cl2N2O2. The number of amides is 2. The Labute approximate surface area is 170 Å². The number of benzene rings is 2. The van der Waals surface area contributed by atoms with Crippen molar-refractivity contribution in [3.8, 4) is 0 Å². The van der Waals surface area contributed by atoms with Crippen LogP contribution in [0.15, 0.2) is 48.5 Å². The summed E-state index contributed by atoms with van der Waals surface area (Å²) in [6.45, 7) is 4.42. The van der Waals surface area contributed by atoms with E-state index in [-0.39, 0.29) is 24.8 Å². The van der Waals surface area contributed by atoms with Gasteiger partial charge in [0, 0.05) is 28.7 Å². The van der Waals surface area contributed by atoms with E-state index in [0.29, 0.717) is 28.6 Å². The van der Waals surface area contributed by atoms with Crippen molar-refractivity contribution in [1.29, 1.82) is 0 Å². The lowest BCUT2D eigenvalue weighted by atomic mass is 10.1. The summed E-state index contributed by atoms with van der Waals surface area (Å²) in [5.41, 5.74) is 1.54. The Hall–Kier alpha value is -2.04. The normalized spacial score (nSPS) is 11.7. The summed E-state index contributed by atoms with van der Waals surface area (Å²) < 4.78 is 0. The van der Waals surface area contributed by atoms with E-state index >= 15 is 0 Å². The molecule has 2 rings (SSSR count). The van der Waals surface area contributed by atoms with E-state index in [4.69, 9.17) is 23.2 Å². The molecule has 6 heteroatoms. The molecule has 1 unspecified atom stereocenters. The smallest absolute Gasteiger partial charge is 0.242 e. The predicted octanol–water partition coefficient (Wildman–Crippen LogP) is 4.48. The fraction of sp³-hybridized carbons (Fsp3) is 0.333. The molecule has 0 aliphatic heterocycles. The number of likely N-dealkylation sites (N-methyl/N-ethyl adjacent to an activating group) is 1. The van der Waals surface area contributed by atoms with Gasteiger partial charge >= 0.3 is 0 Å². The van der Waals surface area contributed by atoms with E-state index in [1.54, 1.807) is 23.1 Å². The number of rotatable bonds is 8. The molecule has 1 N–H and O–H groups in total. The molecule has 0 aliphatic carbocycles. The van der Waals surface area contributed by atoms with Gasteiger partial charge in [0.15, 0.2) is 0 Å². The van der Waals surface area contributed by atoms with E-state index in [1.807, 2.05) is 44.2 Å². The van der Waals surface area contributed by atoms with Gasteiger partial charge in [0.1, 0.15) is 6.04 Å². The third-order valence-electron chi connectivity index (χ3n) is 4.33. The first-order valence-electron chi connectivity index (χ1n) is 9.01. The number of nitrogens with one attached hydrogen (secondary N) is 1. The van der Waals surface area contributed by atoms with Gasteiger partial charge in [-0.15, -0.1) is 0 Å². The zero-order chi connectivity index (χ0) is 19.8. The van der Waals surface area contributed by atoms with Crippen LogP contribution >= 0.6 is 23.2 Å². The van der Waals surface area contributed by atoms with Crippen molar-refractivity contribution >= 4 is 35.0 Å². The van der Waals surface area contributed by atoms with Crippen LogP contribution in [0.3, 0.4) is 0 Å². The van der Waals surface area contributed by atoms with Crippen LogP contribution in [0.4, 0.5) is 0 Å². The minimum Gasteiger partial charge on any atom is -0.355 e. The molecule has 0 bridgehead atoms. The molecule has 0 saturated carbocycles. The highest BCUT2D eigenvalue weighted by Gasteiger charge is 2.29. The van der Waals surface area contributed by atoms with Crippen molar-refractivity contribution in [3.05, 3.63) is 69.7 Å².